The van der Waals surface area contributed by atoms with E-state index in [0.717, 1.165) is 47.3 Å². The van der Waals surface area contributed by atoms with E-state index in [0.29, 0.717) is 12.5 Å². The number of hydrogen-bond acceptors (Lipinski definition) is 7. The summed E-state index contributed by atoms with van der Waals surface area (Å²) in [6.45, 7) is 4.25. The molecule has 0 radical (unpaired) electrons. The maximum absolute atomic E-state index is 5.66. The highest BCUT2D eigenvalue weighted by atomic mass is 16.5. The minimum atomic E-state index is 0.135. The van der Waals surface area contributed by atoms with Crippen LogP contribution in [0.1, 0.15) is 35.7 Å². The van der Waals surface area contributed by atoms with E-state index < -0.39 is 0 Å². The molecule has 0 saturated carbocycles. The third-order valence-electron chi connectivity index (χ3n) is 6.99. The molecule has 2 heterocycles. The normalized spacial score (nSPS) is 20.7. The molecule has 2 aliphatic rings. The molecule has 5 rings (SSSR count). The first kappa shape index (κ1) is 23.3. The summed E-state index contributed by atoms with van der Waals surface area (Å²) < 4.78 is 22.6. The van der Waals surface area contributed by atoms with Crippen molar-refractivity contribution in [3.8, 4) is 23.0 Å². The zero-order valence-corrected chi connectivity index (χ0v) is 20.7. The Kier molecular flexibility index (Phi) is 6.70. The Morgan fingerprint density at radius 2 is 1.51 bits per heavy atom. The number of benzene rings is 3. The molecule has 2 aliphatic heterocycles. The van der Waals surface area contributed by atoms with Crippen molar-refractivity contribution in [3.63, 3.8) is 0 Å². The number of ether oxygens (including phenoxy) is 4. The van der Waals surface area contributed by atoms with Gasteiger partial charge in [-0.1, -0.05) is 30.3 Å². The molecule has 3 aromatic carbocycles. The van der Waals surface area contributed by atoms with Gasteiger partial charge in [0.25, 0.3) is 0 Å². The lowest BCUT2D eigenvalue weighted by Crippen LogP contribution is -2.39. The average molecular weight is 476 g/mol. The Bertz CT molecular complexity index is 1170. The summed E-state index contributed by atoms with van der Waals surface area (Å²) in [5.41, 5.74) is 11.8. The number of nitrogens with zero attached hydrogens (tertiary/aromatic N) is 1. The lowest BCUT2D eigenvalue weighted by molar-refractivity contribution is 0.339. The largest absolute Gasteiger partial charge is 0.496 e. The molecule has 3 atom stereocenters. The van der Waals surface area contributed by atoms with Gasteiger partial charge in [-0.05, 0) is 42.3 Å². The molecule has 2 N–H and O–H groups in total. The Hall–Kier alpha value is -3.42. The second-order valence-corrected chi connectivity index (χ2v) is 8.87. The number of rotatable bonds is 8. The van der Waals surface area contributed by atoms with Crippen LogP contribution in [0.15, 0.2) is 60.7 Å². The summed E-state index contributed by atoms with van der Waals surface area (Å²) in [5.74, 6) is 3.54. The molecule has 0 bridgehead atoms. The molecule has 1 saturated heterocycles. The molecule has 0 aromatic heterocycles. The van der Waals surface area contributed by atoms with Crippen molar-refractivity contribution in [1.82, 2.24) is 10.9 Å². The van der Waals surface area contributed by atoms with E-state index in [9.17, 15) is 0 Å². The van der Waals surface area contributed by atoms with Gasteiger partial charge in [0.15, 0.2) is 11.5 Å². The van der Waals surface area contributed by atoms with Gasteiger partial charge in [-0.15, -0.1) is 0 Å². The van der Waals surface area contributed by atoms with Gasteiger partial charge < -0.3 is 23.8 Å². The first-order valence-electron chi connectivity index (χ1n) is 12.0. The fraction of sp³-hybridized carbons (Fsp3) is 0.357. The molecule has 1 fully saturated rings. The fourth-order valence-electron chi connectivity index (χ4n) is 5.32. The van der Waals surface area contributed by atoms with Crippen molar-refractivity contribution in [2.75, 3.05) is 39.4 Å². The van der Waals surface area contributed by atoms with Crippen LogP contribution in [0.25, 0.3) is 0 Å². The van der Waals surface area contributed by atoms with Crippen molar-refractivity contribution < 1.29 is 18.9 Å². The highest BCUT2D eigenvalue weighted by Gasteiger charge is 2.44. The molecule has 0 aliphatic carbocycles. The van der Waals surface area contributed by atoms with Crippen LogP contribution < -0.4 is 34.7 Å². The zero-order valence-electron chi connectivity index (χ0n) is 20.7. The molecule has 184 valence electrons. The van der Waals surface area contributed by atoms with Gasteiger partial charge in [0, 0.05) is 36.3 Å². The van der Waals surface area contributed by atoms with Gasteiger partial charge in [-0.2, -0.15) is 0 Å². The van der Waals surface area contributed by atoms with Crippen LogP contribution in [0.3, 0.4) is 0 Å². The summed E-state index contributed by atoms with van der Waals surface area (Å²) in [4.78, 5) is 2.42. The van der Waals surface area contributed by atoms with E-state index in [-0.39, 0.29) is 12.1 Å². The Balaban J connectivity index is 1.53. The van der Waals surface area contributed by atoms with Gasteiger partial charge in [-0.25, -0.2) is 10.9 Å². The number of methoxy groups -OCH3 is 3. The predicted octanol–water partition coefficient (Wildman–Crippen LogP) is 4.64. The monoisotopic (exact) mass is 475 g/mol. The standard InChI is InChI=1S/C28H33N3O4/c1-5-35-20-12-10-18(11-13-20)27-22-17-31(16-19-8-6-7-9-24(19)32-2)23-15-26(34-4)25(33-3)14-21(23)28(22)30-29-27/h6-15,22,27-30H,5,16-17H2,1-4H3. The quantitative estimate of drug-likeness (QED) is 0.492. The van der Waals surface area contributed by atoms with Gasteiger partial charge in [0.1, 0.15) is 11.5 Å². The first-order valence-corrected chi connectivity index (χ1v) is 12.0. The molecular formula is C28H33N3O4. The molecule has 0 amide bonds. The maximum atomic E-state index is 5.66. The van der Waals surface area contributed by atoms with E-state index in [1.165, 1.54) is 11.1 Å². The summed E-state index contributed by atoms with van der Waals surface area (Å²) in [7, 11) is 5.08. The number of fused-ring (bicyclic) bond motifs is 3. The van der Waals surface area contributed by atoms with Crippen LogP contribution in [0.4, 0.5) is 5.69 Å². The van der Waals surface area contributed by atoms with Crippen LogP contribution in [-0.2, 0) is 6.54 Å². The molecule has 0 spiro atoms. The van der Waals surface area contributed by atoms with E-state index >= 15 is 0 Å². The predicted molar refractivity (Wildman–Crippen MR) is 136 cm³/mol. The Morgan fingerprint density at radius 3 is 2.23 bits per heavy atom. The van der Waals surface area contributed by atoms with Crippen molar-refractivity contribution in [3.05, 3.63) is 77.4 Å². The van der Waals surface area contributed by atoms with Crippen LogP contribution in [0.2, 0.25) is 0 Å². The van der Waals surface area contributed by atoms with E-state index in [4.69, 9.17) is 18.9 Å². The van der Waals surface area contributed by atoms with Gasteiger partial charge in [-0.3, -0.25) is 0 Å². The summed E-state index contributed by atoms with van der Waals surface area (Å²) in [6, 6.07) is 21.1. The third-order valence-corrected chi connectivity index (χ3v) is 6.99. The number of anilines is 1. The van der Waals surface area contributed by atoms with Crippen LogP contribution in [0, 0.1) is 5.92 Å². The SMILES string of the molecule is CCOc1ccc(C2NNC3c4cc(OC)c(OC)cc4N(Cc4ccccc4OC)CC23)cc1. The molecule has 7 heteroatoms. The maximum Gasteiger partial charge on any atom is 0.162 e. The number of nitrogens with one attached hydrogen (secondary N) is 2. The number of hydrazine groups is 1. The molecule has 3 unspecified atom stereocenters. The van der Waals surface area contributed by atoms with E-state index in [1.807, 2.05) is 31.2 Å². The Morgan fingerprint density at radius 1 is 0.829 bits per heavy atom. The molecule has 35 heavy (non-hydrogen) atoms. The Labute approximate surface area is 206 Å². The van der Waals surface area contributed by atoms with Crippen molar-refractivity contribution in [2.45, 2.75) is 25.6 Å². The molecular weight excluding hydrogens is 442 g/mol. The van der Waals surface area contributed by atoms with Crippen LogP contribution in [-0.4, -0.2) is 34.5 Å². The second-order valence-electron chi connectivity index (χ2n) is 8.87. The third kappa shape index (κ3) is 4.37. The van der Waals surface area contributed by atoms with Crippen LogP contribution in [0.5, 0.6) is 23.0 Å². The average Bonchev–Trinajstić information content (AvgIpc) is 3.33. The van der Waals surface area contributed by atoms with Crippen molar-refractivity contribution in [1.29, 1.82) is 0 Å². The van der Waals surface area contributed by atoms with Crippen molar-refractivity contribution in [2.24, 2.45) is 5.92 Å². The van der Waals surface area contributed by atoms with Gasteiger partial charge in [0.2, 0.25) is 0 Å². The highest BCUT2D eigenvalue weighted by Crippen LogP contribution is 2.49. The minimum Gasteiger partial charge on any atom is -0.496 e. The topological polar surface area (TPSA) is 64.2 Å². The fourth-order valence-corrected chi connectivity index (χ4v) is 5.32. The molecule has 7 nitrogen and oxygen atoms in total. The van der Waals surface area contributed by atoms with E-state index in [1.54, 1.807) is 21.3 Å². The smallest absolute Gasteiger partial charge is 0.162 e. The lowest BCUT2D eigenvalue weighted by Gasteiger charge is -2.40. The summed E-state index contributed by atoms with van der Waals surface area (Å²) in [5, 5.41) is 0. The minimum absolute atomic E-state index is 0.135. The van der Waals surface area contributed by atoms with E-state index in [2.05, 4.69) is 52.1 Å². The lowest BCUT2D eigenvalue weighted by atomic mass is 9.81. The summed E-state index contributed by atoms with van der Waals surface area (Å²) >= 11 is 0. The summed E-state index contributed by atoms with van der Waals surface area (Å²) in [6.07, 6.45) is 0. The highest BCUT2D eigenvalue weighted by molar-refractivity contribution is 5.65. The van der Waals surface area contributed by atoms with Crippen LogP contribution >= 0.6 is 0 Å². The van der Waals surface area contributed by atoms with Crippen molar-refractivity contribution >= 4 is 5.69 Å². The second kappa shape index (κ2) is 10.1. The van der Waals surface area contributed by atoms with Gasteiger partial charge >= 0.3 is 0 Å². The van der Waals surface area contributed by atoms with Gasteiger partial charge in [0.05, 0.1) is 40.0 Å². The molecule has 3 aromatic rings. The first-order chi connectivity index (χ1) is 17.2. The zero-order chi connectivity index (χ0) is 24.4. The number of hydrogen-bond donors (Lipinski definition) is 2. The number of para-hydroxylation sites is 1.